The predicted molar refractivity (Wildman–Crippen MR) is 363 cm³/mol. The molecule has 5 aromatic rings. The number of aromatic hydroxyl groups is 3. The molecule has 0 unspecified atom stereocenters. The number of likely N-dealkylation sites (N-methyl/N-ethyl adjacent to an activating group) is 3. The standard InChI is InChI=1S/C21H27NO3.C18H23NO3.C17H21NO3.C17H19NO3.C7H8/c23-16-6-4-13-10-15-14-5-7-17(24)20-21(14,18(13)19(16)25-20)8-9-22(15)11-12-2-1-3-12;1-19-8-7-18-11-4-5-13(20)17(18)22-16-14(21-2)6-3-10(15(16)18)9-12(11)19;2*1-18-7-6-17-10-3-5-13(20)16(17)21-15-12(19)4-2-9(14(15)17)8-11(10)18;1-7-5-3-2-4-6-7/h4,6,12,14-15,17,20,23-24H,1-3,5,7-11H2;3,6,11-13,17,20H,4-5,7-9H2,1-2H3;2,4,10-11,13,16,19-20H,3,5-8H2,1H3;2-5,10-11,13,16,19-20H,6-8H2,1H3;2-6H,1H3/t14-,15+,17-,20-,21-;11-,12+,13-,17-,18-;2*10-,11+,13-,16-,17-;/m0000./s1. The van der Waals surface area contributed by atoms with Crippen LogP contribution in [0, 0.1) is 36.5 Å². The Balaban J connectivity index is 0.0000000904. The number of aryl methyl sites for hydroxylation is 1. The first-order valence-corrected chi connectivity index (χ1v) is 36.7. The van der Waals surface area contributed by atoms with E-state index in [-0.39, 0.29) is 69.4 Å². The molecule has 22 rings (SSSR count). The zero-order chi connectivity index (χ0) is 65.6. The minimum absolute atomic E-state index is 0.00625. The van der Waals surface area contributed by atoms with Crippen LogP contribution in [0.5, 0.6) is 46.0 Å². The van der Waals surface area contributed by atoms with Gasteiger partial charge in [-0.25, -0.2) is 0 Å². The summed E-state index contributed by atoms with van der Waals surface area (Å²) in [7, 11) is 8.37. The highest BCUT2D eigenvalue weighted by atomic mass is 16.5. The minimum Gasteiger partial charge on any atom is -0.504 e. The molecule has 8 heterocycles. The number of hydrogen-bond acceptors (Lipinski definition) is 16. The number of aliphatic hydroxyl groups is 4. The van der Waals surface area contributed by atoms with Crippen molar-refractivity contribution in [2.24, 2.45) is 29.6 Å². The molecule has 16 nitrogen and oxygen atoms in total. The number of piperidine rings is 4. The van der Waals surface area contributed by atoms with Crippen molar-refractivity contribution in [1.29, 1.82) is 0 Å². The maximum atomic E-state index is 10.7. The zero-order valence-corrected chi connectivity index (χ0v) is 56.5. The van der Waals surface area contributed by atoms with Gasteiger partial charge >= 0.3 is 0 Å². The van der Waals surface area contributed by atoms with E-state index in [0.717, 1.165) is 133 Å². The van der Waals surface area contributed by atoms with Gasteiger partial charge in [0, 0.05) is 80.5 Å². The largest absolute Gasteiger partial charge is 0.504 e. The van der Waals surface area contributed by atoms with Gasteiger partial charge in [-0.3, -0.25) is 4.90 Å². The Hall–Kier alpha value is -6.08. The van der Waals surface area contributed by atoms with Gasteiger partial charge in [0.1, 0.15) is 30.5 Å². The van der Waals surface area contributed by atoms with Crippen LogP contribution in [0.25, 0.3) is 0 Å². The van der Waals surface area contributed by atoms with E-state index in [4.69, 9.17) is 23.7 Å². The van der Waals surface area contributed by atoms with Crippen LogP contribution < -0.4 is 23.7 Å². The molecular weight excluding hydrogens is 1210 g/mol. The second kappa shape index (κ2) is 22.7. The van der Waals surface area contributed by atoms with E-state index in [1.165, 1.54) is 75.9 Å². The molecule has 16 heteroatoms. The number of phenols is 3. The Bertz CT molecular complexity index is 3910. The Morgan fingerprint density at radius 2 is 0.865 bits per heavy atom. The van der Waals surface area contributed by atoms with Crippen LogP contribution in [-0.4, -0.2) is 189 Å². The van der Waals surface area contributed by atoms with Crippen molar-refractivity contribution in [3.63, 3.8) is 0 Å². The van der Waals surface area contributed by atoms with Crippen molar-refractivity contribution in [3.8, 4) is 46.0 Å². The number of methoxy groups -OCH3 is 1. The van der Waals surface area contributed by atoms with Gasteiger partial charge in [-0.05, 0) is 227 Å². The highest BCUT2D eigenvalue weighted by molar-refractivity contribution is 5.65. The molecule has 7 N–H and O–H groups in total. The topological polar surface area (TPSA) is 201 Å². The normalized spacial score (nSPS) is 39.9. The summed E-state index contributed by atoms with van der Waals surface area (Å²) in [6.45, 7) is 7.59. The number of hydrogen-bond donors (Lipinski definition) is 7. The van der Waals surface area contributed by atoms with Crippen LogP contribution in [0.1, 0.15) is 134 Å². The van der Waals surface area contributed by atoms with Crippen molar-refractivity contribution in [2.75, 3.05) is 61.0 Å². The third-order valence-electron chi connectivity index (χ3n) is 28.5. The van der Waals surface area contributed by atoms with E-state index in [0.29, 0.717) is 65.1 Å². The van der Waals surface area contributed by atoms with Crippen LogP contribution in [0.3, 0.4) is 0 Å². The van der Waals surface area contributed by atoms with E-state index in [9.17, 15) is 35.7 Å². The Kier molecular flexibility index (Phi) is 14.7. The van der Waals surface area contributed by atoms with Crippen molar-refractivity contribution in [2.45, 2.75) is 211 Å². The summed E-state index contributed by atoms with van der Waals surface area (Å²) >= 11 is 0. The molecule has 5 aromatic carbocycles. The van der Waals surface area contributed by atoms with Gasteiger partial charge in [0.25, 0.3) is 0 Å². The Labute approximate surface area is 564 Å². The number of benzene rings is 5. The molecular formula is C80H98N4O12. The monoisotopic (exact) mass is 1310 g/mol. The zero-order valence-electron chi connectivity index (χ0n) is 56.5. The predicted octanol–water partition coefficient (Wildman–Crippen LogP) is 8.93. The molecule has 4 saturated heterocycles. The van der Waals surface area contributed by atoms with E-state index >= 15 is 0 Å². The lowest BCUT2D eigenvalue weighted by atomic mass is 9.51. The molecule has 8 bridgehead atoms. The van der Waals surface area contributed by atoms with Crippen LogP contribution >= 0.6 is 0 Å². The molecule has 8 fully saturated rings. The summed E-state index contributed by atoms with van der Waals surface area (Å²) in [6.07, 6.45) is 19.9. The van der Waals surface area contributed by atoms with E-state index in [2.05, 4.69) is 84.1 Å². The van der Waals surface area contributed by atoms with Gasteiger partial charge in [-0.15, -0.1) is 0 Å². The van der Waals surface area contributed by atoms with Crippen LogP contribution in [-0.2, 0) is 47.3 Å². The lowest BCUT2D eigenvalue weighted by molar-refractivity contribution is -0.107. The highest BCUT2D eigenvalue weighted by Crippen LogP contribution is 2.68. The Morgan fingerprint density at radius 3 is 1.34 bits per heavy atom. The number of aliphatic hydroxyl groups excluding tert-OH is 4. The van der Waals surface area contributed by atoms with E-state index in [1.807, 2.05) is 36.4 Å². The first kappa shape index (κ1) is 62.2. The molecule has 0 amide bonds. The van der Waals surface area contributed by atoms with E-state index < -0.39 is 18.3 Å². The fourth-order valence-electron chi connectivity index (χ4n) is 24.2. The summed E-state index contributed by atoms with van der Waals surface area (Å²) in [5.74, 6) is 7.36. The first-order valence-electron chi connectivity index (χ1n) is 36.7. The molecule has 4 saturated carbocycles. The summed E-state index contributed by atoms with van der Waals surface area (Å²) < 4.78 is 30.4. The average molecular weight is 1310 g/mol. The van der Waals surface area contributed by atoms with Crippen molar-refractivity contribution < 1.29 is 59.4 Å². The van der Waals surface area contributed by atoms with Gasteiger partial charge in [0.15, 0.2) is 46.0 Å². The number of phenolic OH excluding ortho intramolecular Hbond substituents is 3. The van der Waals surface area contributed by atoms with Crippen molar-refractivity contribution in [3.05, 3.63) is 141 Å². The molecule has 4 spiro atoms. The van der Waals surface area contributed by atoms with Gasteiger partial charge in [0.05, 0.1) is 25.4 Å². The molecule has 17 aliphatic rings. The van der Waals surface area contributed by atoms with Crippen LogP contribution in [0.4, 0.5) is 0 Å². The number of nitrogens with zero attached hydrogens (tertiary/aromatic N) is 4. The van der Waals surface area contributed by atoms with Gasteiger partial charge in [-0.2, -0.15) is 0 Å². The second-order valence-electron chi connectivity index (χ2n) is 32.4. The smallest absolute Gasteiger partial charge is 0.165 e. The van der Waals surface area contributed by atoms with Gasteiger partial charge in [-0.1, -0.05) is 78.7 Å². The highest BCUT2D eigenvalue weighted by Gasteiger charge is 2.70. The summed E-state index contributed by atoms with van der Waals surface area (Å²) in [5, 5.41) is 73.2. The summed E-state index contributed by atoms with van der Waals surface area (Å²) in [5.41, 5.74) is 11.4. The average Bonchev–Trinajstić information content (AvgIpc) is 1.49. The molecule has 9 aliphatic carbocycles. The maximum absolute atomic E-state index is 10.7. The molecule has 96 heavy (non-hydrogen) atoms. The number of likely N-dealkylation sites (tertiary alicyclic amines) is 4. The lowest BCUT2D eigenvalue weighted by Crippen LogP contribution is -2.67. The fraction of sp³-hybridized carbons (Fsp3) is 0.600. The summed E-state index contributed by atoms with van der Waals surface area (Å²) in [4.78, 5) is 10.2. The SMILES string of the molecule is CN1CC[C@]23c4c5ccc(O)c4O[C@H]2[C@@H](O)C=C[C@H]3[C@H]1C5.CN1CC[C@]23c4c5ccc(O)c4O[C@H]2[C@@H](O)CC[C@H]3[C@H]1C5.COc1ccc2c3c1O[C@H]1[C@@H](O)CC[C@H]4[C@@H](C2)N(C)CC[C@@]341.Cc1ccccc1.Oc1ccc2c3c1O[C@H]1[C@@H](O)CC[C@H]4[C@@H](C2)N(CC2CCC2)CC[C@@]341. The second-order valence-corrected chi connectivity index (χ2v) is 32.4. The Morgan fingerprint density at radius 1 is 0.448 bits per heavy atom. The van der Waals surface area contributed by atoms with Gasteiger partial charge in [0.2, 0.25) is 0 Å². The third kappa shape index (κ3) is 8.60. The van der Waals surface area contributed by atoms with Crippen LogP contribution in [0.2, 0.25) is 0 Å². The van der Waals surface area contributed by atoms with Crippen molar-refractivity contribution in [1.82, 2.24) is 19.6 Å². The quantitative estimate of drug-likeness (QED) is 0.0844. The molecule has 8 aliphatic heterocycles. The fourth-order valence-corrected chi connectivity index (χ4v) is 24.2. The third-order valence-corrected chi connectivity index (χ3v) is 28.5. The maximum Gasteiger partial charge on any atom is 0.165 e. The summed E-state index contributed by atoms with van der Waals surface area (Å²) in [6, 6.07) is 28.2. The van der Waals surface area contributed by atoms with Crippen molar-refractivity contribution >= 4 is 0 Å². The first-order chi connectivity index (χ1) is 46.5. The number of ether oxygens (including phenoxy) is 5. The number of rotatable bonds is 3. The van der Waals surface area contributed by atoms with E-state index in [1.54, 1.807) is 25.3 Å². The molecule has 0 aromatic heterocycles. The molecule has 20 atom stereocenters. The van der Waals surface area contributed by atoms with Crippen LogP contribution in [0.15, 0.2) is 91.0 Å². The lowest BCUT2D eigenvalue weighted by Gasteiger charge is -2.59. The molecule has 510 valence electrons. The minimum atomic E-state index is -0.594. The van der Waals surface area contributed by atoms with Gasteiger partial charge < -0.3 is 74.1 Å². The molecule has 0 radical (unpaired) electrons.